The number of nitrogens with zero attached hydrogens (tertiary/aromatic N) is 5. The Bertz CT molecular complexity index is 1170. The Kier molecular flexibility index (Phi) is 6.41. The molecule has 1 aromatic carbocycles. The van der Waals surface area contributed by atoms with Crippen molar-refractivity contribution in [3.05, 3.63) is 72.1 Å². The van der Waals surface area contributed by atoms with Gasteiger partial charge in [0.2, 0.25) is 5.95 Å². The molecule has 1 saturated heterocycles. The number of carbonyl (C=O) groups excluding carboxylic acids is 1. The minimum atomic E-state index is -0.111. The van der Waals surface area contributed by atoms with Crippen molar-refractivity contribution in [2.75, 3.05) is 44.2 Å². The van der Waals surface area contributed by atoms with Gasteiger partial charge in [-0.3, -0.25) is 9.69 Å². The van der Waals surface area contributed by atoms with Gasteiger partial charge in [-0.25, -0.2) is 15.0 Å². The smallest absolute Gasteiger partial charge is 0.263 e. The summed E-state index contributed by atoms with van der Waals surface area (Å²) in [6, 6.07) is 15.3. The first-order valence-corrected chi connectivity index (χ1v) is 11.7. The summed E-state index contributed by atoms with van der Waals surface area (Å²) in [7, 11) is 0. The van der Waals surface area contributed by atoms with Crippen LogP contribution >= 0.6 is 11.3 Å². The van der Waals surface area contributed by atoms with Crippen LogP contribution in [0.2, 0.25) is 0 Å². The third kappa shape index (κ3) is 4.94. The second kappa shape index (κ2) is 9.93. The third-order valence-electron chi connectivity index (χ3n) is 5.53. The number of nitrogens with one attached hydrogen (secondary N) is 1. The Morgan fingerprint density at radius 2 is 1.79 bits per heavy atom. The van der Waals surface area contributed by atoms with Gasteiger partial charge in [0.05, 0.1) is 12.0 Å². The van der Waals surface area contributed by atoms with Gasteiger partial charge in [-0.15, -0.1) is 11.3 Å². The summed E-state index contributed by atoms with van der Waals surface area (Å²) < 4.78 is 5.50. The monoisotopic (exact) mass is 460 g/mol. The molecule has 5 rings (SSSR count). The lowest BCUT2D eigenvalue weighted by atomic mass is 10.1. The molecular weight excluding hydrogens is 436 g/mol. The highest BCUT2D eigenvalue weighted by molar-refractivity contribution is 7.17. The molecule has 0 spiro atoms. The van der Waals surface area contributed by atoms with E-state index >= 15 is 0 Å². The zero-order valence-corrected chi connectivity index (χ0v) is 18.9. The number of carbonyl (C=O) groups is 1. The Balaban J connectivity index is 1.20. The fourth-order valence-corrected chi connectivity index (χ4v) is 4.78. The summed E-state index contributed by atoms with van der Waals surface area (Å²) in [5, 5.41) is 3.78. The van der Waals surface area contributed by atoms with Crippen LogP contribution in [0.1, 0.15) is 9.67 Å². The highest BCUT2D eigenvalue weighted by Crippen LogP contribution is 2.34. The summed E-state index contributed by atoms with van der Waals surface area (Å²) >= 11 is 1.35. The number of aromatic nitrogens is 3. The molecule has 1 aliphatic rings. The van der Waals surface area contributed by atoms with Gasteiger partial charge in [-0.1, -0.05) is 30.3 Å². The number of anilines is 1. The van der Waals surface area contributed by atoms with Crippen molar-refractivity contribution < 1.29 is 9.21 Å². The van der Waals surface area contributed by atoms with E-state index in [1.165, 1.54) is 11.3 Å². The fraction of sp³-hybridized carbons (Fsp3) is 0.250. The molecule has 1 N–H and O–H groups in total. The van der Waals surface area contributed by atoms with Crippen LogP contribution in [-0.4, -0.2) is 65.0 Å². The standard InChI is InChI=1S/C24H24N6O2S/c31-22(25-11-12-29-13-15-30(16-14-29)24-26-9-5-10-27-24)21-20(18-6-2-1-3-7-18)28-23(33-21)19-8-4-17-32-19/h1-10,17H,11-16H2,(H,25,31). The van der Waals surface area contributed by atoms with Gasteiger partial charge in [0.1, 0.15) is 4.88 Å². The number of hydrogen-bond donors (Lipinski definition) is 1. The van der Waals surface area contributed by atoms with Crippen LogP contribution in [0.4, 0.5) is 5.95 Å². The van der Waals surface area contributed by atoms with E-state index in [9.17, 15) is 4.79 Å². The van der Waals surface area contributed by atoms with Crippen LogP contribution in [0.5, 0.6) is 0 Å². The molecule has 1 amide bonds. The van der Waals surface area contributed by atoms with Crippen molar-refractivity contribution in [1.82, 2.24) is 25.2 Å². The van der Waals surface area contributed by atoms with E-state index in [0.29, 0.717) is 27.9 Å². The van der Waals surface area contributed by atoms with Crippen LogP contribution in [-0.2, 0) is 0 Å². The van der Waals surface area contributed by atoms with E-state index in [4.69, 9.17) is 9.40 Å². The minimum Gasteiger partial charge on any atom is -0.462 e. The van der Waals surface area contributed by atoms with E-state index in [0.717, 1.165) is 44.2 Å². The quantitative estimate of drug-likeness (QED) is 0.452. The highest BCUT2D eigenvalue weighted by Gasteiger charge is 2.22. The zero-order chi connectivity index (χ0) is 22.5. The van der Waals surface area contributed by atoms with Crippen LogP contribution in [0.15, 0.2) is 71.6 Å². The molecule has 0 aliphatic carbocycles. The molecule has 4 aromatic rings. The molecule has 8 nitrogen and oxygen atoms in total. The van der Waals surface area contributed by atoms with Crippen LogP contribution in [0, 0.1) is 0 Å². The number of thiazole rings is 1. The lowest BCUT2D eigenvalue weighted by Gasteiger charge is -2.34. The minimum absolute atomic E-state index is 0.111. The molecular formula is C24H24N6O2S. The number of furan rings is 1. The predicted molar refractivity (Wildman–Crippen MR) is 128 cm³/mol. The van der Waals surface area contributed by atoms with E-state index in [2.05, 4.69) is 25.1 Å². The molecule has 1 fully saturated rings. The molecule has 9 heteroatoms. The molecule has 0 saturated carbocycles. The van der Waals surface area contributed by atoms with E-state index in [1.54, 1.807) is 18.7 Å². The second-order valence-electron chi connectivity index (χ2n) is 7.67. The highest BCUT2D eigenvalue weighted by atomic mass is 32.1. The maximum atomic E-state index is 13.1. The topological polar surface area (TPSA) is 87.4 Å². The Morgan fingerprint density at radius 1 is 1.00 bits per heavy atom. The number of piperazine rings is 1. The molecule has 4 heterocycles. The summed E-state index contributed by atoms with van der Waals surface area (Å²) in [5.74, 6) is 1.33. The summed E-state index contributed by atoms with van der Waals surface area (Å²) in [4.78, 5) is 31.6. The number of amides is 1. The Labute approximate surface area is 195 Å². The average molecular weight is 461 g/mol. The zero-order valence-electron chi connectivity index (χ0n) is 18.1. The SMILES string of the molecule is O=C(NCCN1CCN(c2ncccn2)CC1)c1sc(-c2ccco2)nc1-c1ccccc1. The van der Waals surface area contributed by atoms with Crippen LogP contribution in [0.25, 0.3) is 22.0 Å². The summed E-state index contributed by atoms with van der Waals surface area (Å²) in [6.45, 7) is 4.93. The first-order chi connectivity index (χ1) is 16.3. The van der Waals surface area contributed by atoms with Gasteiger partial charge < -0.3 is 14.6 Å². The molecule has 3 aromatic heterocycles. The van der Waals surface area contributed by atoms with Gasteiger partial charge >= 0.3 is 0 Å². The first kappa shape index (κ1) is 21.3. The van der Waals surface area contributed by atoms with Crippen molar-refractivity contribution in [2.24, 2.45) is 0 Å². The third-order valence-corrected chi connectivity index (χ3v) is 6.60. The van der Waals surface area contributed by atoms with E-state index in [-0.39, 0.29) is 5.91 Å². The Hall–Kier alpha value is -3.56. The number of hydrogen-bond acceptors (Lipinski definition) is 8. The lowest BCUT2D eigenvalue weighted by Crippen LogP contribution is -2.49. The van der Waals surface area contributed by atoms with Crippen LogP contribution in [0.3, 0.4) is 0 Å². The summed E-state index contributed by atoms with van der Waals surface area (Å²) in [5.41, 5.74) is 1.59. The molecule has 0 bridgehead atoms. The maximum Gasteiger partial charge on any atom is 0.263 e. The van der Waals surface area contributed by atoms with E-state index < -0.39 is 0 Å². The van der Waals surface area contributed by atoms with Crippen LogP contribution < -0.4 is 10.2 Å². The van der Waals surface area contributed by atoms with Crippen molar-refractivity contribution in [3.63, 3.8) is 0 Å². The number of rotatable bonds is 7. The molecule has 33 heavy (non-hydrogen) atoms. The van der Waals surface area contributed by atoms with Crippen molar-refractivity contribution in [3.8, 4) is 22.0 Å². The fourth-order valence-electron chi connectivity index (χ4n) is 3.81. The second-order valence-corrected chi connectivity index (χ2v) is 8.67. The predicted octanol–water partition coefficient (Wildman–Crippen LogP) is 3.41. The Morgan fingerprint density at radius 3 is 2.52 bits per heavy atom. The average Bonchev–Trinajstić information content (AvgIpc) is 3.56. The maximum absolute atomic E-state index is 13.1. The van der Waals surface area contributed by atoms with Crippen molar-refractivity contribution >= 4 is 23.2 Å². The number of benzene rings is 1. The van der Waals surface area contributed by atoms with E-state index in [1.807, 2.05) is 48.5 Å². The van der Waals surface area contributed by atoms with Gasteiger partial charge in [0, 0.05) is 57.2 Å². The van der Waals surface area contributed by atoms with Gasteiger partial charge in [-0.2, -0.15) is 0 Å². The van der Waals surface area contributed by atoms with Gasteiger partial charge in [0.25, 0.3) is 5.91 Å². The van der Waals surface area contributed by atoms with Crippen molar-refractivity contribution in [2.45, 2.75) is 0 Å². The lowest BCUT2D eigenvalue weighted by molar-refractivity contribution is 0.0952. The van der Waals surface area contributed by atoms with Gasteiger partial charge in [-0.05, 0) is 18.2 Å². The molecule has 0 unspecified atom stereocenters. The summed E-state index contributed by atoms with van der Waals surface area (Å²) in [6.07, 6.45) is 5.15. The largest absolute Gasteiger partial charge is 0.462 e. The molecule has 1 aliphatic heterocycles. The molecule has 0 atom stereocenters. The van der Waals surface area contributed by atoms with Gasteiger partial charge in [0.15, 0.2) is 10.8 Å². The normalized spacial score (nSPS) is 14.4. The molecule has 168 valence electrons. The van der Waals surface area contributed by atoms with Crippen molar-refractivity contribution in [1.29, 1.82) is 0 Å². The first-order valence-electron chi connectivity index (χ1n) is 10.9. The molecule has 0 radical (unpaired) electrons.